The lowest BCUT2D eigenvalue weighted by atomic mass is 10.1. The summed E-state index contributed by atoms with van der Waals surface area (Å²) in [6.45, 7) is 4.71. The van der Waals surface area contributed by atoms with Crippen molar-refractivity contribution in [1.82, 2.24) is 14.5 Å². The second-order valence-corrected chi connectivity index (χ2v) is 5.87. The molecule has 2 heterocycles. The number of aromatic nitrogens is 3. The van der Waals surface area contributed by atoms with E-state index in [0.717, 1.165) is 22.7 Å². The molecule has 0 spiro atoms. The van der Waals surface area contributed by atoms with Gasteiger partial charge in [0.05, 0.1) is 6.54 Å². The van der Waals surface area contributed by atoms with Crippen molar-refractivity contribution in [2.24, 2.45) is 0 Å². The normalized spacial score (nSPS) is 12.1. The fourth-order valence-electron chi connectivity index (χ4n) is 2.64. The number of hydrogen-bond donors (Lipinski definition) is 1. The lowest BCUT2D eigenvalue weighted by Crippen LogP contribution is -2.24. The molecule has 0 saturated carbocycles. The van der Waals surface area contributed by atoms with Gasteiger partial charge in [-0.25, -0.2) is 4.98 Å². The number of imidazole rings is 1. The molecule has 3 rings (SSSR count). The lowest BCUT2D eigenvalue weighted by Gasteiger charge is -2.16. The molecular weight excluding hydrogens is 302 g/mol. The SMILES string of the molecule is Cc1ccc(OCC(O)Cn2ccnc2-c2ccncc2)c(C)c1. The highest BCUT2D eigenvalue weighted by molar-refractivity contribution is 5.54. The van der Waals surface area contributed by atoms with E-state index in [1.807, 2.05) is 48.9 Å². The first-order valence-corrected chi connectivity index (χ1v) is 7.93. The summed E-state index contributed by atoms with van der Waals surface area (Å²) >= 11 is 0. The van der Waals surface area contributed by atoms with Crippen LogP contribution in [0.25, 0.3) is 11.4 Å². The Bertz CT molecular complexity index is 799. The van der Waals surface area contributed by atoms with E-state index < -0.39 is 6.10 Å². The molecule has 0 fully saturated rings. The molecule has 0 radical (unpaired) electrons. The largest absolute Gasteiger partial charge is 0.491 e. The molecule has 1 N–H and O–H groups in total. The van der Waals surface area contributed by atoms with Crippen molar-refractivity contribution in [2.45, 2.75) is 26.5 Å². The quantitative estimate of drug-likeness (QED) is 0.757. The van der Waals surface area contributed by atoms with E-state index in [4.69, 9.17) is 4.74 Å². The van der Waals surface area contributed by atoms with Crippen LogP contribution in [0.15, 0.2) is 55.1 Å². The molecular formula is C19H21N3O2. The van der Waals surface area contributed by atoms with E-state index in [-0.39, 0.29) is 6.61 Å². The van der Waals surface area contributed by atoms with Gasteiger partial charge in [0.1, 0.15) is 24.3 Å². The monoisotopic (exact) mass is 323 g/mol. The zero-order chi connectivity index (χ0) is 16.9. The number of pyridine rings is 1. The highest BCUT2D eigenvalue weighted by Gasteiger charge is 2.12. The van der Waals surface area contributed by atoms with Gasteiger partial charge in [0.2, 0.25) is 0 Å². The lowest BCUT2D eigenvalue weighted by molar-refractivity contribution is 0.0925. The topological polar surface area (TPSA) is 60.2 Å². The third-order valence-electron chi connectivity index (χ3n) is 3.82. The number of benzene rings is 1. The Labute approximate surface area is 141 Å². The molecule has 0 bridgehead atoms. The molecule has 1 atom stereocenters. The van der Waals surface area contributed by atoms with Gasteiger partial charge in [-0.2, -0.15) is 0 Å². The van der Waals surface area contributed by atoms with Crippen LogP contribution in [0.1, 0.15) is 11.1 Å². The molecule has 5 nitrogen and oxygen atoms in total. The molecule has 0 aliphatic rings. The van der Waals surface area contributed by atoms with Crippen LogP contribution in [-0.2, 0) is 6.54 Å². The molecule has 0 saturated heterocycles. The highest BCUT2D eigenvalue weighted by atomic mass is 16.5. The van der Waals surface area contributed by atoms with Crippen LogP contribution < -0.4 is 4.74 Å². The number of ether oxygens (including phenoxy) is 1. The van der Waals surface area contributed by atoms with Crippen molar-refractivity contribution in [1.29, 1.82) is 0 Å². The first-order valence-electron chi connectivity index (χ1n) is 7.93. The predicted molar refractivity (Wildman–Crippen MR) is 92.9 cm³/mol. The maximum atomic E-state index is 10.3. The number of aryl methyl sites for hydroxylation is 2. The van der Waals surface area contributed by atoms with Crippen LogP contribution in [0, 0.1) is 13.8 Å². The van der Waals surface area contributed by atoms with Crippen LogP contribution >= 0.6 is 0 Å². The minimum atomic E-state index is -0.625. The smallest absolute Gasteiger partial charge is 0.140 e. The zero-order valence-electron chi connectivity index (χ0n) is 13.9. The first-order chi connectivity index (χ1) is 11.6. The number of hydrogen-bond acceptors (Lipinski definition) is 4. The van der Waals surface area contributed by atoms with Gasteiger partial charge in [-0.15, -0.1) is 0 Å². The van der Waals surface area contributed by atoms with Crippen molar-refractivity contribution < 1.29 is 9.84 Å². The van der Waals surface area contributed by atoms with E-state index in [1.54, 1.807) is 18.6 Å². The van der Waals surface area contributed by atoms with E-state index in [1.165, 1.54) is 5.56 Å². The minimum Gasteiger partial charge on any atom is -0.491 e. The summed E-state index contributed by atoms with van der Waals surface area (Å²) in [6.07, 6.45) is 6.42. The van der Waals surface area contributed by atoms with Crippen molar-refractivity contribution in [3.63, 3.8) is 0 Å². The maximum Gasteiger partial charge on any atom is 0.140 e. The minimum absolute atomic E-state index is 0.234. The summed E-state index contributed by atoms with van der Waals surface area (Å²) in [5.74, 6) is 1.61. The number of nitrogens with zero attached hydrogens (tertiary/aromatic N) is 3. The van der Waals surface area contributed by atoms with Crippen molar-refractivity contribution in [2.75, 3.05) is 6.61 Å². The molecule has 0 amide bonds. The van der Waals surface area contributed by atoms with Gasteiger partial charge in [0.25, 0.3) is 0 Å². The Morgan fingerprint density at radius 1 is 1.12 bits per heavy atom. The Balaban J connectivity index is 1.64. The van der Waals surface area contributed by atoms with Crippen molar-refractivity contribution in [3.05, 3.63) is 66.2 Å². The maximum absolute atomic E-state index is 10.3. The zero-order valence-corrected chi connectivity index (χ0v) is 13.9. The molecule has 0 aliphatic carbocycles. The van der Waals surface area contributed by atoms with E-state index >= 15 is 0 Å². The Hall–Kier alpha value is -2.66. The van der Waals surface area contributed by atoms with Crippen LogP contribution in [0.5, 0.6) is 5.75 Å². The van der Waals surface area contributed by atoms with E-state index in [9.17, 15) is 5.11 Å². The van der Waals surface area contributed by atoms with Crippen LogP contribution in [0.2, 0.25) is 0 Å². The van der Waals surface area contributed by atoms with Gasteiger partial charge >= 0.3 is 0 Å². The summed E-state index contributed by atoms with van der Waals surface area (Å²) in [6, 6.07) is 9.82. The third-order valence-corrected chi connectivity index (χ3v) is 3.82. The molecule has 5 heteroatoms. The third kappa shape index (κ3) is 3.81. The number of rotatable bonds is 6. The highest BCUT2D eigenvalue weighted by Crippen LogP contribution is 2.20. The second kappa shape index (κ2) is 7.27. The fourth-order valence-corrected chi connectivity index (χ4v) is 2.64. The first kappa shape index (κ1) is 16.2. The van der Waals surface area contributed by atoms with Crippen molar-refractivity contribution in [3.8, 4) is 17.1 Å². The predicted octanol–water partition coefficient (Wildman–Crippen LogP) is 3.00. The molecule has 2 aromatic heterocycles. The Kier molecular flexibility index (Phi) is 4.91. The van der Waals surface area contributed by atoms with Crippen LogP contribution in [-0.4, -0.2) is 32.4 Å². The van der Waals surface area contributed by atoms with Crippen LogP contribution in [0.3, 0.4) is 0 Å². The second-order valence-electron chi connectivity index (χ2n) is 5.87. The van der Waals surface area contributed by atoms with E-state index in [0.29, 0.717) is 6.54 Å². The number of aliphatic hydroxyl groups excluding tert-OH is 1. The molecule has 24 heavy (non-hydrogen) atoms. The standard InChI is InChI=1S/C19H21N3O2/c1-14-3-4-18(15(2)11-14)24-13-17(23)12-22-10-9-21-19(22)16-5-7-20-8-6-16/h3-11,17,23H,12-13H2,1-2H3. The molecule has 1 unspecified atom stereocenters. The average molecular weight is 323 g/mol. The fraction of sp³-hybridized carbons (Fsp3) is 0.263. The summed E-state index contributed by atoms with van der Waals surface area (Å²) in [5.41, 5.74) is 3.24. The molecule has 1 aromatic carbocycles. The summed E-state index contributed by atoms with van der Waals surface area (Å²) in [4.78, 5) is 8.38. The van der Waals surface area contributed by atoms with Crippen molar-refractivity contribution >= 4 is 0 Å². The number of aliphatic hydroxyl groups is 1. The van der Waals surface area contributed by atoms with Gasteiger partial charge in [0.15, 0.2) is 0 Å². The molecule has 0 aliphatic heterocycles. The summed E-state index contributed by atoms with van der Waals surface area (Å²) in [7, 11) is 0. The van der Waals surface area contributed by atoms with Crippen LogP contribution in [0.4, 0.5) is 0 Å². The summed E-state index contributed by atoms with van der Waals surface area (Å²) < 4.78 is 7.68. The Morgan fingerprint density at radius 3 is 2.67 bits per heavy atom. The van der Waals surface area contributed by atoms with E-state index in [2.05, 4.69) is 16.0 Å². The van der Waals surface area contributed by atoms with Gasteiger partial charge < -0.3 is 14.4 Å². The van der Waals surface area contributed by atoms with Gasteiger partial charge in [-0.1, -0.05) is 17.7 Å². The molecule has 3 aromatic rings. The Morgan fingerprint density at radius 2 is 1.92 bits per heavy atom. The molecule has 124 valence electrons. The summed E-state index contributed by atoms with van der Waals surface area (Å²) in [5, 5.41) is 10.3. The van der Waals surface area contributed by atoms with Gasteiger partial charge in [0, 0.05) is 30.4 Å². The average Bonchev–Trinajstić information content (AvgIpc) is 3.03. The van der Waals surface area contributed by atoms with Gasteiger partial charge in [-0.3, -0.25) is 4.98 Å². The van der Waals surface area contributed by atoms with Gasteiger partial charge in [-0.05, 0) is 37.6 Å².